The molecule has 0 aliphatic rings. The molecule has 0 aliphatic carbocycles. The second kappa shape index (κ2) is 7.66. The number of amidine groups is 1. The van der Waals surface area contributed by atoms with Gasteiger partial charge in [-0.15, -0.1) is 0 Å². The highest BCUT2D eigenvalue weighted by atomic mass is 16.5. The summed E-state index contributed by atoms with van der Waals surface area (Å²) in [6.07, 6.45) is 7.01. The minimum Gasteiger partial charge on any atom is -0.494 e. The fourth-order valence-corrected chi connectivity index (χ4v) is 2.19. The Hall–Kier alpha value is -3.79. The first-order valence-corrected chi connectivity index (χ1v) is 7.43. The molecule has 1 aromatic heterocycles. The third-order valence-electron chi connectivity index (χ3n) is 3.30. The predicted molar refractivity (Wildman–Crippen MR) is 93.0 cm³/mol. The van der Waals surface area contributed by atoms with Gasteiger partial charge in [-0.05, 0) is 24.3 Å². The summed E-state index contributed by atoms with van der Waals surface area (Å²) in [4.78, 5) is 8.36. The monoisotopic (exact) mass is 333 g/mol. The van der Waals surface area contributed by atoms with Gasteiger partial charge < -0.3 is 14.0 Å². The summed E-state index contributed by atoms with van der Waals surface area (Å²) in [7, 11) is 1.58. The Morgan fingerprint density at radius 1 is 1.24 bits per heavy atom. The molecule has 2 aromatic carbocycles. The molecule has 0 bridgehead atoms. The molecule has 0 unspecified atom stereocenters. The number of rotatable bonds is 4. The highest BCUT2D eigenvalue weighted by Gasteiger charge is 2.08. The van der Waals surface area contributed by atoms with Gasteiger partial charge in [-0.1, -0.05) is 18.2 Å². The van der Waals surface area contributed by atoms with E-state index in [-0.39, 0.29) is 6.02 Å². The number of methoxy groups -OCH3 is 1. The zero-order valence-corrected chi connectivity index (χ0v) is 13.5. The molecule has 1 N–H and O–H groups in total. The quantitative estimate of drug-likeness (QED) is 0.343. The van der Waals surface area contributed by atoms with Crippen molar-refractivity contribution in [3.05, 3.63) is 67.3 Å². The molecule has 0 aliphatic heterocycles. The number of aliphatic imine (C=N–C) groups is 1. The molecule has 0 amide bonds. The van der Waals surface area contributed by atoms with Gasteiger partial charge in [-0.25, -0.2) is 10.3 Å². The van der Waals surface area contributed by atoms with Crippen molar-refractivity contribution in [2.24, 2.45) is 4.99 Å². The molecule has 3 rings (SSSR count). The molecule has 0 spiro atoms. The molecule has 3 aromatic rings. The summed E-state index contributed by atoms with van der Waals surface area (Å²) in [6.45, 7) is 0. The number of nitriles is 1. The third kappa shape index (κ3) is 3.95. The van der Waals surface area contributed by atoms with Crippen molar-refractivity contribution in [2.45, 2.75) is 0 Å². The molecular formula is C18H15N5O2. The van der Waals surface area contributed by atoms with Gasteiger partial charge in [0.15, 0.2) is 6.19 Å². The van der Waals surface area contributed by atoms with Gasteiger partial charge in [0.2, 0.25) is 0 Å². The van der Waals surface area contributed by atoms with E-state index in [0.717, 1.165) is 5.69 Å². The van der Waals surface area contributed by atoms with Crippen LogP contribution < -0.4 is 14.8 Å². The molecule has 0 radical (unpaired) electrons. The lowest BCUT2D eigenvalue weighted by Gasteiger charge is -2.10. The summed E-state index contributed by atoms with van der Waals surface area (Å²) < 4.78 is 12.9. The highest BCUT2D eigenvalue weighted by molar-refractivity contribution is 5.81. The SMILES string of the molecule is COc1cc(N=C(NC#N)Oc2ccccc2)ccc1-n1ccnc1. The van der Waals surface area contributed by atoms with Crippen LogP contribution in [0.4, 0.5) is 5.69 Å². The molecule has 124 valence electrons. The molecule has 7 nitrogen and oxygen atoms in total. The topological polar surface area (TPSA) is 84.5 Å². The second-order valence-electron chi connectivity index (χ2n) is 4.89. The van der Waals surface area contributed by atoms with Crippen molar-refractivity contribution in [3.63, 3.8) is 0 Å². The van der Waals surface area contributed by atoms with E-state index in [2.05, 4.69) is 15.3 Å². The van der Waals surface area contributed by atoms with Crippen molar-refractivity contribution in [1.82, 2.24) is 14.9 Å². The number of nitrogens with zero attached hydrogens (tertiary/aromatic N) is 4. The van der Waals surface area contributed by atoms with Crippen molar-refractivity contribution < 1.29 is 9.47 Å². The zero-order chi connectivity index (χ0) is 17.5. The summed E-state index contributed by atoms with van der Waals surface area (Å²) in [5, 5.41) is 11.3. The minimum atomic E-state index is 0.0751. The van der Waals surface area contributed by atoms with Crippen LogP contribution in [-0.4, -0.2) is 22.7 Å². The predicted octanol–water partition coefficient (Wildman–Crippen LogP) is 3.02. The van der Waals surface area contributed by atoms with Gasteiger partial charge in [0.25, 0.3) is 0 Å². The molecule has 0 fully saturated rings. The van der Waals surface area contributed by atoms with E-state index in [9.17, 15) is 0 Å². The van der Waals surface area contributed by atoms with Gasteiger partial charge >= 0.3 is 6.02 Å². The van der Waals surface area contributed by atoms with Gasteiger partial charge in [-0.2, -0.15) is 10.3 Å². The van der Waals surface area contributed by atoms with Crippen LogP contribution in [0, 0.1) is 11.5 Å². The fourth-order valence-electron chi connectivity index (χ4n) is 2.19. The van der Waals surface area contributed by atoms with E-state index < -0.39 is 0 Å². The average Bonchev–Trinajstić information content (AvgIpc) is 3.17. The van der Waals surface area contributed by atoms with Gasteiger partial charge in [-0.3, -0.25) is 0 Å². The van der Waals surface area contributed by atoms with Crippen LogP contribution in [0.25, 0.3) is 5.69 Å². The van der Waals surface area contributed by atoms with E-state index in [1.54, 1.807) is 43.9 Å². The number of para-hydroxylation sites is 1. The standard InChI is InChI=1S/C18H15N5O2/c1-24-17-11-14(7-8-16(17)23-10-9-20-13-23)22-18(21-12-19)25-15-5-3-2-4-6-15/h2-11,13H,1H3,(H,21,22). The number of aromatic nitrogens is 2. The normalized spacial score (nSPS) is 10.8. The summed E-state index contributed by atoms with van der Waals surface area (Å²) in [6, 6.07) is 14.6. The molecule has 1 heterocycles. The van der Waals surface area contributed by atoms with Crippen LogP contribution in [0.5, 0.6) is 11.5 Å². The molecule has 0 atom stereocenters. The number of hydrogen-bond acceptors (Lipinski definition) is 5. The summed E-state index contributed by atoms with van der Waals surface area (Å²) in [5.74, 6) is 1.20. The Balaban J connectivity index is 1.91. The van der Waals surface area contributed by atoms with E-state index >= 15 is 0 Å². The third-order valence-corrected chi connectivity index (χ3v) is 3.30. The highest BCUT2D eigenvalue weighted by Crippen LogP contribution is 2.28. The maximum absolute atomic E-state index is 8.91. The lowest BCUT2D eigenvalue weighted by molar-refractivity contribution is 0.413. The van der Waals surface area contributed by atoms with Crippen molar-refractivity contribution in [2.75, 3.05) is 7.11 Å². The largest absolute Gasteiger partial charge is 0.494 e. The smallest absolute Gasteiger partial charge is 0.309 e. The van der Waals surface area contributed by atoms with Gasteiger partial charge in [0.05, 0.1) is 24.8 Å². The molecular weight excluding hydrogens is 318 g/mol. The van der Waals surface area contributed by atoms with Crippen LogP contribution in [-0.2, 0) is 0 Å². The fraction of sp³-hybridized carbons (Fsp3) is 0.0556. The maximum atomic E-state index is 8.91. The Kier molecular flexibility index (Phi) is 4.93. The van der Waals surface area contributed by atoms with Gasteiger partial charge in [0, 0.05) is 18.5 Å². The van der Waals surface area contributed by atoms with Crippen molar-refractivity contribution >= 4 is 11.7 Å². The molecule has 25 heavy (non-hydrogen) atoms. The van der Waals surface area contributed by atoms with Crippen LogP contribution in [0.15, 0.2) is 72.2 Å². The van der Waals surface area contributed by atoms with Crippen LogP contribution in [0.2, 0.25) is 0 Å². The number of ether oxygens (including phenoxy) is 2. The van der Waals surface area contributed by atoms with Crippen molar-refractivity contribution in [1.29, 1.82) is 5.26 Å². The second-order valence-corrected chi connectivity index (χ2v) is 4.89. The lowest BCUT2D eigenvalue weighted by Crippen LogP contribution is -2.23. The first-order valence-electron chi connectivity index (χ1n) is 7.43. The number of benzene rings is 2. The minimum absolute atomic E-state index is 0.0751. The Bertz CT molecular complexity index is 899. The first kappa shape index (κ1) is 16.1. The Morgan fingerprint density at radius 3 is 2.76 bits per heavy atom. The summed E-state index contributed by atoms with van der Waals surface area (Å²) >= 11 is 0. The number of nitrogens with one attached hydrogen (secondary N) is 1. The van der Waals surface area contributed by atoms with E-state index in [1.165, 1.54) is 0 Å². The van der Waals surface area contributed by atoms with Crippen LogP contribution >= 0.6 is 0 Å². The number of hydrogen-bond donors (Lipinski definition) is 1. The Labute approximate surface area is 144 Å². The average molecular weight is 333 g/mol. The van der Waals surface area contributed by atoms with E-state index in [0.29, 0.717) is 17.2 Å². The molecule has 0 saturated heterocycles. The molecule has 0 saturated carbocycles. The van der Waals surface area contributed by atoms with Crippen LogP contribution in [0.3, 0.4) is 0 Å². The van der Waals surface area contributed by atoms with Gasteiger partial charge in [0.1, 0.15) is 11.5 Å². The number of imidazole rings is 1. The first-order chi connectivity index (χ1) is 12.3. The maximum Gasteiger partial charge on any atom is 0.309 e. The molecule has 7 heteroatoms. The van der Waals surface area contributed by atoms with E-state index in [4.69, 9.17) is 14.7 Å². The van der Waals surface area contributed by atoms with E-state index in [1.807, 2.05) is 41.2 Å². The van der Waals surface area contributed by atoms with Crippen LogP contribution in [0.1, 0.15) is 0 Å². The lowest BCUT2D eigenvalue weighted by atomic mass is 10.2. The zero-order valence-electron chi connectivity index (χ0n) is 13.5. The summed E-state index contributed by atoms with van der Waals surface area (Å²) in [5.41, 5.74) is 1.41. The Morgan fingerprint density at radius 2 is 2.08 bits per heavy atom. The van der Waals surface area contributed by atoms with Crippen molar-refractivity contribution in [3.8, 4) is 23.4 Å².